The Kier molecular flexibility index (Phi) is 4.55. The van der Waals surface area contributed by atoms with Crippen LogP contribution in [0.1, 0.15) is 41.7 Å². The summed E-state index contributed by atoms with van der Waals surface area (Å²) >= 11 is 0. The molecule has 0 saturated heterocycles. The molecule has 1 aromatic carbocycles. The average molecular weight is 415 g/mol. The summed E-state index contributed by atoms with van der Waals surface area (Å²) in [7, 11) is 0. The summed E-state index contributed by atoms with van der Waals surface area (Å²) < 4.78 is 5.66. The first kappa shape index (κ1) is 19.4. The number of carbonyl (C=O) groups is 2. The Balaban J connectivity index is 1.31. The standard InChI is InChI=1S/C24H21N3O4/c28-21-18-7-4-13-26-20(18)24(31-21)11-9-23(30,10-12-24)22(29)27-17-8-14-25-19(15-17)16-5-2-1-3-6-16/h1-8,13-15,30H,9-12H2,(H,25,27,29). The van der Waals surface area contributed by atoms with Crippen LogP contribution in [0.4, 0.5) is 5.69 Å². The van der Waals surface area contributed by atoms with E-state index in [4.69, 9.17) is 4.74 Å². The number of aromatic nitrogens is 2. The number of aliphatic hydroxyl groups is 1. The fraction of sp³-hybridized carbons (Fsp3) is 0.250. The van der Waals surface area contributed by atoms with Gasteiger partial charge in [0.25, 0.3) is 5.91 Å². The Labute approximate surface area is 179 Å². The highest BCUT2D eigenvalue weighted by Gasteiger charge is 2.53. The van der Waals surface area contributed by atoms with Crippen molar-refractivity contribution >= 4 is 17.6 Å². The maximum atomic E-state index is 12.9. The number of fused-ring (bicyclic) bond motifs is 2. The Morgan fingerprint density at radius 1 is 0.968 bits per heavy atom. The number of pyridine rings is 2. The SMILES string of the molecule is O=C1OC2(CCC(O)(C(=O)Nc3ccnc(-c4ccccc4)c3)CC2)c2ncccc21. The van der Waals surface area contributed by atoms with E-state index in [-0.39, 0.29) is 12.8 Å². The summed E-state index contributed by atoms with van der Waals surface area (Å²) in [5.74, 6) is -0.874. The van der Waals surface area contributed by atoms with E-state index >= 15 is 0 Å². The van der Waals surface area contributed by atoms with Gasteiger partial charge in [0.2, 0.25) is 0 Å². The third-order valence-corrected chi connectivity index (χ3v) is 6.14. The molecule has 2 aliphatic rings. The van der Waals surface area contributed by atoms with Crippen LogP contribution >= 0.6 is 0 Å². The van der Waals surface area contributed by atoms with E-state index in [2.05, 4.69) is 15.3 Å². The van der Waals surface area contributed by atoms with E-state index in [1.807, 2.05) is 30.3 Å². The summed E-state index contributed by atoms with van der Waals surface area (Å²) in [6, 6.07) is 16.5. The minimum atomic E-state index is -1.55. The second-order valence-corrected chi connectivity index (χ2v) is 8.06. The van der Waals surface area contributed by atoms with Crippen molar-refractivity contribution in [2.24, 2.45) is 0 Å². The number of ether oxygens (including phenoxy) is 1. The molecule has 2 aromatic heterocycles. The molecule has 0 unspecified atom stereocenters. The van der Waals surface area contributed by atoms with E-state index in [9.17, 15) is 14.7 Å². The number of carbonyl (C=O) groups excluding carboxylic acids is 2. The molecular weight excluding hydrogens is 394 g/mol. The number of esters is 1. The number of amides is 1. The number of rotatable bonds is 3. The smallest absolute Gasteiger partial charge is 0.341 e. The molecule has 0 radical (unpaired) electrons. The molecule has 7 nitrogen and oxygen atoms in total. The number of benzene rings is 1. The van der Waals surface area contributed by atoms with Crippen molar-refractivity contribution in [3.05, 3.63) is 78.2 Å². The zero-order valence-electron chi connectivity index (χ0n) is 16.7. The summed E-state index contributed by atoms with van der Waals surface area (Å²) in [6.07, 6.45) is 4.25. The van der Waals surface area contributed by atoms with Crippen LogP contribution in [-0.4, -0.2) is 32.6 Å². The maximum Gasteiger partial charge on any atom is 0.341 e. The molecule has 3 heterocycles. The van der Waals surface area contributed by atoms with Gasteiger partial charge in [0, 0.05) is 23.6 Å². The largest absolute Gasteiger partial charge is 0.449 e. The fourth-order valence-corrected chi connectivity index (χ4v) is 4.37. The van der Waals surface area contributed by atoms with Crippen LogP contribution in [0.25, 0.3) is 11.3 Å². The molecule has 0 bridgehead atoms. The van der Waals surface area contributed by atoms with Gasteiger partial charge in [-0.3, -0.25) is 14.8 Å². The molecule has 1 amide bonds. The first-order valence-electron chi connectivity index (χ1n) is 10.2. The topological polar surface area (TPSA) is 101 Å². The van der Waals surface area contributed by atoms with Crippen molar-refractivity contribution in [3.63, 3.8) is 0 Å². The van der Waals surface area contributed by atoms with E-state index in [1.165, 1.54) is 0 Å². The Bertz CT molecular complexity index is 1150. The molecular formula is C24H21N3O4. The zero-order valence-corrected chi connectivity index (χ0v) is 16.7. The molecule has 2 N–H and O–H groups in total. The van der Waals surface area contributed by atoms with Crippen molar-refractivity contribution < 1.29 is 19.4 Å². The average Bonchev–Trinajstić information content (AvgIpc) is 3.09. The van der Waals surface area contributed by atoms with Crippen LogP contribution in [-0.2, 0) is 15.1 Å². The monoisotopic (exact) mass is 415 g/mol. The molecule has 1 aliphatic heterocycles. The molecule has 7 heteroatoms. The van der Waals surface area contributed by atoms with E-state index < -0.39 is 23.1 Å². The normalized spacial score (nSPS) is 24.5. The third-order valence-electron chi connectivity index (χ3n) is 6.14. The maximum absolute atomic E-state index is 12.9. The minimum absolute atomic E-state index is 0.165. The number of hydrogen-bond donors (Lipinski definition) is 2. The highest BCUT2D eigenvalue weighted by atomic mass is 16.6. The number of hydrogen-bond acceptors (Lipinski definition) is 6. The van der Waals surface area contributed by atoms with Gasteiger partial charge in [-0.25, -0.2) is 4.79 Å². The predicted molar refractivity (Wildman–Crippen MR) is 113 cm³/mol. The quantitative estimate of drug-likeness (QED) is 0.636. The van der Waals surface area contributed by atoms with E-state index in [0.29, 0.717) is 29.8 Å². The summed E-state index contributed by atoms with van der Waals surface area (Å²) in [6.45, 7) is 0. The van der Waals surface area contributed by atoms with Gasteiger partial charge in [0.15, 0.2) is 5.60 Å². The van der Waals surface area contributed by atoms with Crippen molar-refractivity contribution in [2.45, 2.75) is 36.9 Å². The van der Waals surface area contributed by atoms with Crippen LogP contribution in [0.2, 0.25) is 0 Å². The lowest BCUT2D eigenvalue weighted by Gasteiger charge is -2.39. The molecule has 3 aromatic rings. The molecule has 31 heavy (non-hydrogen) atoms. The van der Waals surface area contributed by atoms with Gasteiger partial charge in [-0.05, 0) is 49.9 Å². The lowest BCUT2D eigenvalue weighted by atomic mass is 9.74. The van der Waals surface area contributed by atoms with Crippen LogP contribution in [0.5, 0.6) is 0 Å². The third kappa shape index (κ3) is 3.37. The van der Waals surface area contributed by atoms with Gasteiger partial charge in [-0.1, -0.05) is 30.3 Å². The fourth-order valence-electron chi connectivity index (χ4n) is 4.37. The zero-order chi connectivity index (χ0) is 21.5. The van der Waals surface area contributed by atoms with Crippen molar-refractivity contribution in [3.8, 4) is 11.3 Å². The first-order chi connectivity index (χ1) is 15.0. The Hall–Kier alpha value is -3.58. The molecule has 1 spiro atoms. The number of nitrogens with zero attached hydrogens (tertiary/aromatic N) is 2. The van der Waals surface area contributed by atoms with Gasteiger partial charge in [0.1, 0.15) is 5.60 Å². The van der Waals surface area contributed by atoms with E-state index in [0.717, 1.165) is 11.3 Å². The van der Waals surface area contributed by atoms with Crippen molar-refractivity contribution in [1.29, 1.82) is 0 Å². The van der Waals surface area contributed by atoms with Gasteiger partial charge in [0.05, 0.1) is 17.0 Å². The Morgan fingerprint density at radius 3 is 2.52 bits per heavy atom. The van der Waals surface area contributed by atoms with Crippen LogP contribution in [0.3, 0.4) is 0 Å². The first-order valence-corrected chi connectivity index (χ1v) is 10.2. The summed E-state index contributed by atoms with van der Waals surface area (Å²) in [4.78, 5) is 33.9. The van der Waals surface area contributed by atoms with Gasteiger partial charge in [-0.15, -0.1) is 0 Å². The van der Waals surface area contributed by atoms with E-state index in [1.54, 1.807) is 36.7 Å². The molecule has 5 rings (SSSR count). The Morgan fingerprint density at radius 2 is 1.74 bits per heavy atom. The second kappa shape index (κ2) is 7.28. The number of nitrogens with one attached hydrogen (secondary N) is 1. The lowest BCUT2D eigenvalue weighted by molar-refractivity contribution is -0.144. The highest BCUT2D eigenvalue weighted by Crippen LogP contribution is 2.48. The van der Waals surface area contributed by atoms with Crippen LogP contribution < -0.4 is 5.32 Å². The molecule has 1 aliphatic carbocycles. The second-order valence-electron chi connectivity index (χ2n) is 8.06. The van der Waals surface area contributed by atoms with Crippen LogP contribution in [0.15, 0.2) is 67.0 Å². The minimum Gasteiger partial charge on any atom is -0.449 e. The van der Waals surface area contributed by atoms with Gasteiger partial charge in [-0.2, -0.15) is 0 Å². The molecule has 0 atom stereocenters. The molecule has 156 valence electrons. The predicted octanol–water partition coefficient (Wildman–Crippen LogP) is 3.45. The number of anilines is 1. The highest BCUT2D eigenvalue weighted by molar-refractivity contribution is 5.98. The molecule has 1 fully saturated rings. The molecule has 1 saturated carbocycles. The lowest BCUT2D eigenvalue weighted by Crippen LogP contribution is -2.49. The van der Waals surface area contributed by atoms with Gasteiger partial charge < -0.3 is 15.2 Å². The summed E-state index contributed by atoms with van der Waals surface area (Å²) in [5, 5.41) is 13.9. The van der Waals surface area contributed by atoms with Crippen molar-refractivity contribution in [2.75, 3.05) is 5.32 Å². The van der Waals surface area contributed by atoms with Crippen molar-refractivity contribution in [1.82, 2.24) is 9.97 Å². The van der Waals surface area contributed by atoms with Gasteiger partial charge >= 0.3 is 5.97 Å². The summed E-state index contributed by atoms with van der Waals surface area (Å²) in [5.41, 5.74) is 0.876. The van der Waals surface area contributed by atoms with Crippen LogP contribution in [0, 0.1) is 0 Å².